The van der Waals surface area contributed by atoms with Crippen LogP contribution in [0.2, 0.25) is 0 Å². The number of rotatable bonds is 7. The van der Waals surface area contributed by atoms with Gasteiger partial charge in [0.2, 0.25) is 5.91 Å². The van der Waals surface area contributed by atoms with E-state index < -0.39 is 0 Å². The molecule has 2 bridgehead atoms. The van der Waals surface area contributed by atoms with Crippen molar-refractivity contribution in [2.75, 3.05) is 6.54 Å². The summed E-state index contributed by atoms with van der Waals surface area (Å²) in [6.45, 7) is 5.76. The molecule has 2 N–H and O–H groups in total. The lowest BCUT2D eigenvalue weighted by molar-refractivity contribution is -0.133. The highest BCUT2D eigenvalue weighted by Crippen LogP contribution is 2.52. The predicted molar refractivity (Wildman–Crippen MR) is 104 cm³/mol. The fourth-order valence-corrected chi connectivity index (χ4v) is 5.10. The third-order valence-corrected chi connectivity index (χ3v) is 6.68. The third-order valence-electron chi connectivity index (χ3n) is 6.68. The molecule has 3 atom stereocenters. The van der Waals surface area contributed by atoms with Gasteiger partial charge in [-0.25, -0.2) is 4.98 Å². The second-order valence-electron chi connectivity index (χ2n) is 7.97. The number of hydrogen-bond acceptors (Lipinski definition) is 4. The first-order valence-electron chi connectivity index (χ1n) is 10.1. The average molecular weight is 367 g/mol. The van der Waals surface area contributed by atoms with Crippen LogP contribution in [0.4, 0.5) is 0 Å². The highest BCUT2D eigenvalue weighted by molar-refractivity contribution is 5.84. The first-order chi connectivity index (χ1) is 13.1. The SMILES string of the molecule is CC[C@@]1(C(=O)NCCc2ccncc2)C[C@@H]2CC[C@H]1N2Cc1nc[nH]c1C. The lowest BCUT2D eigenvalue weighted by Gasteiger charge is -2.35. The predicted octanol–water partition coefficient (Wildman–Crippen LogP) is 2.61. The van der Waals surface area contributed by atoms with Crippen LogP contribution in [0.5, 0.6) is 0 Å². The highest BCUT2D eigenvalue weighted by Gasteiger charge is 2.58. The monoisotopic (exact) mass is 367 g/mol. The molecule has 4 heterocycles. The minimum Gasteiger partial charge on any atom is -0.355 e. The Hall–Kier alpha value is -2.21. The number of nitrogens with zero attached hydrogens (tertiary/aromatic N) is 3. The summed E-state index contributed by atoms with van der Waals surface area (Å²) in [5.41, 5.74) is 3.19. The molecule has 2 aliphatic heterocycles. The van der Waals surface area contributed by atoms with E-state index in [-0.39, 0.29) is 11.3 Å². The van der Waals surface area contributed by atoms with Crippen LogP contribution in [0.25, 0.3) is 0 Å². The van der Waals surface area contributed by atoms with Crippen LogP contribution in [0.15, 0.2) is 30.9 Å². The van der Waals surface area contributed by atoms with Gasteiger partial charge in [0.1, 0.15) is 0 Å². The molecule has 27 heavy (non-hydrogen) atoms. The number of nitrogens with one attached hydrogen (secondary N) is 2. The molecule has 144 valence electrons. The van der Waals surface area contributed by atoms with Crippen LogP contribution in [-0.4, -0.2) is 44.4 Å². The maximum atomic E-state index is 13.2. The topological polar surface area (TPSA) is 73.9 Å². The zero-order valence-electron chi connectivity index (χ0n) is 16.2. The molecule has 6 nitrogen and oxygen atoms in total. The van der Waals surface area contributed by atoms with Crippen molar-refractivity contribution in [2.45, 2.75) is 64.6 Å². The Morgan fingerprint density at radius 3 is 2.89 bits per heavy atom. The van der Waals surface area contributed by atoms with Crippen LogP contribution < -0.4 is 5.32 Å². The summed E-state index contributed by atoms with van der Waals surface area (Å²) in [7, 11) is 0. The number of aromatic amines is 1. The molecule has 2 saturated heterocycles. The summed E-state index contributed by atoms with van der Waals surface area (Å²) >= 11 is 0. The van der Waals surface area contributed by atoms with Crippen molar-refractivity contribution >= 4 is 5.91 Å². The van der Waals surface area contributed by atoms with Crippen LogP contribution in [0, 0.1) is 12.3 Å². The fraction of sp³-hybridized carbons (Fsp3) is 0.571. The van der Waals surface area contributed by atoms with E-state index in [1.165, 1.54) is 12.0 Å². The molecule has 0 unspecified atom stereocenters. The largest absolute Gasteiger partial charge is 0.355 e. The first kappa shape index (κ1) is 18.2. The second kappa shape index (κ2) is 7.43. The van der Waals surface area contributed by atoms with Crippen LogP contribution in [0.1, 0.15) is 49.6 Å². The number of aromatic nitrogens is 3. The van der Waals surface area contributed by atoms with E-state index in [9.17, 15) is 4.79 Å². The van der Waals surface area contributed by atoms with E-state index in [0.717, 1.165) is 43.6 Å². The summed E-state index contributed by atoms with van der Waals surface area (Å²) in [5.74, 6) is 0.231. The highest BCUT2D eigenvalue weighted by atomic mass is 16.2. The van der Waals surface area contributed by atoms with Gasteiger partial charge in [-0.1, -0.05) is 6.92 Å². The molecule has 0 spiro atoms. The Labute approximate surface area is 160 Å². The van der Waals surface area contributed by atoms with Gasteiger partial charge in [0, 0.05) is 43.3 Å². The molecular weight excluding hydrogens is 338 g/mol. The van der Waals surface area contributed by atoms with E-state index in [1.54, 1.807) is 18.7 Å². The van der Waals surface area contributed by atoms with E-state index in [2.05, 4.69) is 39.0 Å². The molecule has 0 aromatic carbocycles. The molecular formula is C21H29N5O. The summed E-state index contributed by atoms with van der Waals surface area (Å²) in [6, 6.07) is 4.84. The Morgan fingerprint density at radius 2 is 2.19 bits per heavy atom. The van der Waals surface area contributed by atoms with Crippen molar-refractivity contribution < 1.29 is 4.79 Å². The summed E-state index contributed by atoms with van der Waals surface area (Å²) in [6.07, 6.45) is 10.4. The van der Waals surface area contributed by atoms with Crippen molar-refractivity contribution in [3.63, 3.8) is 0 Å². The number of carbonyl (C=O) groups excluding carboxylic acids is 1. The zero-order chi connectivity index (χ0) is 18.9. The number of carbonyl (C=O) groups is 1. The van der Waals surface area contributed by atoms with Gasteiger partial charge in [-0.05, 0) is 56.7 Å². The van der Waals surface area contributed by atoms with E-state index >= 15 is 0 Å². The summed E-state index contributed by atoms with van der Waals surface area (Å²) in [5, 5.41) is 3.23. The zero-order valence-corrected chi connectivity index (χ0v) is 16.2. The van der Waals surface area contributed by atoms with Crippen molar-refractivity contribution in [3.8, 4) is 0 Å². The van der Waals surface area contributed by atoms with Gasteiger partial charge in [0.15, 0.2) is 0 Å². The van der Waals surface area contributed by atoms with E-state index in [4.69, 9.17) is 0 Å². The lowest BCUT2D eigenvalue weighted by Crippen LogP contribution is -2.49. The van der Waals surface area contributed by atoms with Crippen molar-refractivity contribution in [1.29, 1.82) is 0 Å². The number of fused-ring (bicyclic) bond motifs is 2. The smallest absolute Gasteiger partial charge is 0.227 e. The molecule has 2 aromatic rings. The van der Waals surface area contributed by atoms with Gasteiger partial charge in [-0.3, -0.25) is 14.7 Å². The molecule has 6 heteroatoms. The molecule has 4 rings (SSSR count). The number of imidazole rings is 1. The number of pyridine rings is 1. The Kier molecular flexibility index (Phi) is 5.00. The van der Waals surface area contributed by atoms with Gasteiger partial charge < -0.3 is 10.3 Å². The van der Waals surface area contributed by atoms with E-state index in [0.29, 0.717) is 18.6 Å². The maximum Gasteiger partial charge on any atom is 0.227 e. The molecule has 0 radical (unpaired) electrons. The van der Waals surface area contributed by atoms with Crippen molar-refractivity contribution in [3.05, 3.63) is 47.8 Å². The number of hydrogen-bond donors (Lipinski definition) is 2. The standard InChI is InChI=1S/C21H29N5O/c1-3-21(20(27)23-11-8-16-6-9-22-10-7-16)12-17-4-5-19(21)26(17)13-18-15(2)24-14-25-18/h6-7,9-10,14,17,19H,3-5,8,11-13H2,1-2H3,(H,23,27)(H,24,25)/t17-,19+,21+/m0/s1. The van der Waals surface area contributed by atoms with E-state index in [1.807, 2.05) is 12.1 Å². The third kappa shape index (κ3) is 3.27. The minimum atomic E-state index is -0.259. The summed E-state index contributed by atoms with van der Waals surface area (Å²) in [4.78, 5) is 27.5. The van der Waals surface area contributed by atoms with Crippen molar-refractivity contribution in [1.82, 2.24) is 25.2 Å². The molecule has 2 fully saturated rings. The molecule has 2 aromatic heterocycles. The minimum absolute atomic E-state index is 0.231. The maximum absolute atomic E-state index is 13.2. The fourth-order valence-electron chi connectivity index (χ4n) is 5.10. The Morgan fingerprint density at radius 1 is 1.37 bits per heavy atom. The van der Waals surface area contributed by atoms with Crippen LogP contribution >= 0.6 is 0 Å². The van der Waals surface area contributed by atoms with Crippen LogP contribution in [-0.2, 0) is 17.8 Å². The normalized spacial score (nSPS) is 27.2. The molecule has 0 saturated carbocycles. The number of amides is 1. The van der Waals surface area contributed by atoms with Gasteiger partial charge in [0.25, 0.3) is 0 Å². The quantitative estimate of drug-likeness (QED) is 0.789. The first-order valence-corrected chi connectivity index (χ1v) is 10.1. The second-order valence-corrected chi connectivity index (χ2v) is 7.97. The van der Waals surface area contributed by atoms with Crippen molar-refractivity contribution in [2.24, 2.45) is 5.41 Å². The van der Waals surface area contributed by atoms with Gasteiger partial charge >= 0.3 is 0 Å². The molecule has 1 amide bonds. The Bertz CT molecular complexity index is 789. The lowest BCUT2D eigenvalue weighted by atomic mass is 9.71. The molecule has 2 aliphatic rings. The molecule has 0 aliphatic carbocycles. The number of H-pyrrole nitrogens is 1. The van der Waals surface area contributed by atoms with Crippen LogP contribution in [0.3, 0.4) is 0 Å². The summed E-state index contributed by atoms with van der Waals surface area (Å²) < 4.78 is 0. The van der Waals surface area contributed by atoms with Gasteiger partial charge in [0.05, 0.1) is 17.4 Å². The average Bonchev–Trinajstić information content (AvgIpc) is 3.37. The number of aryl methyl sites for hydroxylation is 1. The Balaban J connectivity index is 1.42. The van der Waals surface area contributed by atoms with Gasteiger partial charge in [-0.15, -0.1) is 0 Å². The van der Waals surface area contributed by atoms with Gasteiger partial charge in [-0.2, -0.15) is 0 Å².